The van der Waals surface area contributed by atoms with Gasteiger partial charge in [-0.3, -0.25) is 4.57 Å². The van der Waals surface area contributed by atoms with Crippen molar-refractivity contribution in [2.75, 3.05) is 18.5 Å². The van der Waals surface area contributed by atoms with E-state index < -0.39 is 0 Å². The number of hydrogen-bond acceptors (Lipinski definition) is 2. The second-order valence-electron chi connectivity index (χ2n) is 8.34. The third-order valence-electron chi connectivity index (χ3n) is 6.18. The Kier molecular flexibility index (Phi) is 4.88. The van der Waals surface area contributed by atoms with Crippen molar-refractivity contribution in [2.24, 2.45) is 0 Å². The topological polar surface area (TPSA) is 21.1 Å². The summed E-state index contributed by atoms with van der Waals surface area (Å²) in [5.41, 5.74) is 7.70. The number of pyridine rings is 1. The van der Waals surface area contributed by atoms with Crippen LogP contribution in [0.1, 0.15) is 5.56 Å². The van der Waals surface area contributed by atoms with Gasteiger partial charge in [-0.05, 0) is 30.3 Å². The van der Waals surface area contributed by atoms with Crippen molar-refractivity contribution >= 4 is 38.7 Å². The molecule has 6 rings (SSSR count). The number of hydrogen-bond donors (Lipinski definition) is 0. The molecule has 0 N–H and O–H groups in total. The molecule has 0 amide bonds. The Bertz CT molecular complexity index is 1440. The highest BCUT2D eigenvalue weighted by atomic mass is 79.9. The van der Waals surface area contributed by atoms with Crippen LogP contribution in [0.4, 0.5) is 5.82 Å². The Balaban J connectivity index is 1.68. The van der Waals surface area contributed by atoms with Crippen molar-refractivity contribution < 1.29 is 0 Å². The molecule has 5 aromatic rings. The van der Waals surface area contributed by atoms with Gasteiger partial charge in [0, 0.05) is 40.1 Å². The standard InChI is InChI=1S/C29H22BrN3/c1-32-16-8-13-24-25-17-22(30)14-15-28(25)33(29(24)32)23-18-26(20-9-4-2-5-10-20)31-27(19-23)21-11-6-3-7-12-21/h2-15,17-19H,16H2,1H3. The minimum absolute atomic E-state index is 0.882. The van der Waals surface area contributed by atoms with Gasteiger partial charge in [0.15, 0.2) is 0 Å². The summed E-state index contributed by atoms with van der Waals surface area (Å²) in [6.07, 6.45) is 4.47. The Morgan fingerprint density at radius 2 is 1.42 bits per heavy atom. The molecular formula is C29H22BrN3. The highest BCUT2D eigenvalue weighted by molar-refractivity contribution is 9.10. The quantitative estimate of drug-likeness (QED) is 0.259. The summed E-state index contributed by atoms with van der Waals surface area (Å²) in [6, 6.07) is 31.8. The first-order chi connectivity index (χ1) is 16.2. The lowest BCUT2D eigenvalue weighted by Gasteiger charge is -2.24. The molecule has 0 aliphatic carbocycles. The third kappa shape index (κ3) is 3.47. The molecule has 0 saturated heterocycles. The van der Waals surface area contributed by atoms with Crippen LogP contribution in [0.2, 0.25) is 0 Å². The Labute approximate surface area is 201 Å². The van der Waals surface area contributed by atoms with Gasteiger partial charge in [0.05, 0.1) is 22.6 Å². The van der Waals surface area contributed by atoms with Gasteiger partial charge in [0.2, 0.25) is 0 Å². The molecule has 0 saturated carbocycles. The van der Waals surface area contributed by atoms with E-state index in [1.807, 2.05) is 12.1 Å². The summed E-state index contributed by atoms with van der Waals surface area (Å²) < 4.78 is 3.46. The largest absolute Gasteiger partial charge is 0.357 e. The van der Waals surface area contributed by atoms with Gasteiger partial charge in [-0.2, -0.15) is 0 Å². The van der Waals surface area contributed by atoms with Crippen LogP contribution in [-0.2, 0) is 0 Å². The molecule has 3 heterocycles. The maximum Gasteiger partial charge on any atom is 0.121 e. The van der Waals surface area contributed by atoms with E-state index in [1.54, 1.807) is 0 Å². The number of rotatable bonds is 3. The average Bonchev–Trinajstić information content (AvgIpc) is 3.20. The number of fused-ring (bicyclic) bond motifs is 3. The first-order valence-electron chi connectivity index (χ1n) is 11.0. The van der Waals surface area contributed by atoms with Gasteiger partial charge >= 0.3 is 0 Å². The highest BCUT2D eigenvalue weighted by Crippen LogP contribution is 2.40. The number of anilines is 1. The number of aromatic nitrogens is 2. The van der Waals surface area contributed by atoms with Crippen molar-refractivity contribution in [1.82, 2.24) is 9.55 Å². The van der Waals surface area contributed by atoms with E-state index in [0.29, 0.717) is 0 Å². The van der Waals surface area contributed by atoms with Gasteiger partial charge in [-0.25, -0.2) is 4.98 Å². The van der Waals surface area contributed by atoms with Crippen LogP contribution in [0.3, 0.4) is 0 Å². The van der Waals surface area contributed by atoms with E-state index in [1.165, 1.54) is 22.3 Å². The maximum absolute atomic E-state index is 5.06. The van der Waals surface area contributed by atoms with E-state index in [0.717, 1.165) is 39.2 Å². The zero-order chi connectivity index (χ0) is 22.4. The molecule has 33 heavy (non-hydrogen) atoms. The van der Waals surface area contributed by atoms with E-state index in [9.17, 15) is 0 Å². The minimum atomic E-state index is 0.882. The van der Waals surface area contributed by atoms with Crippen LogP contribution in [0.5, 0.6) is 0 Å². The normalized spacial score (nSPS) is 12.8. The summed E-state index contributed by atoms with van der Waals surface area (Å²) in [5.74, 6) is 1.20. The zero-order valence-electron chi connectivity index (χ0n) is 18.2. The smallest absolute Gasteiger partial charge is 0.121 e. The molecule has 0 fully saturated rings. The summed E-state index contributed by atoms with van der Waals surface area (Å²) in [7, 11) is 2.16. The molecule has 0 bridgehead atoms. The fourth-order valence-corrected chi connectivity index (χ4v) is 5.01. The number of benzene rings is 3. The van der Waals surface area contributed by atoms with Crippen LogP contribution < -0.4 is 4.90 Å². The molecule has 0 radical (unpaired) electrons. The van der Waals surface area contributed by atoms with E-state index >= 15 is 0 Å². The van der Waals surface area contributed by atoms with Crippen LogP contribution >= 0.6 is 15.9 Å². The fourth-order valence-electron chi connectivity index (χ4n) is 4.65. The van der Waals surface area contributed by atoms with E-state index in [4.69, 9.17) is 4.98 Å². The lowest BCUT2D eigenvalue weighted by Crippen LogP contribution is -2.22. The highest BCUT2D eigenvalue weighted by Gasteiger charge is 2.23. The van der Waals surface area contributed by atoms with Crippen LogP contribution in [0, 0.1) is 0 Å². The predicted molar refractivity (Wildman–Crippen MR) is 142 cm³/mol. The molecule has 1 aliphatic heterocycles. The van der Waals surface area contributed by atoms with Gasteiger partial charge in [-0.15, -0.1) is 0 Å². The number of nitrogens with zero attached hydrogens (tertiary/aromatic N) is 3. The van der Waals surface area contributed by atoms with Crippen molar-refractivity contribution in [3.8, 4) is 28.2 Å². The SMILES string of the molecule is CN1CC=Cc2c1n(-c1cc(-c3ccccc3)nc(-c3ccccc3)c1)c1ccc(Br)cc21. The van der Waals surface area contributed by atoms with Gasteiger partial charge in [0.25, 0.3) is 0 Å². The second kappa shape index (κ2) is 8.05. The Morgan fingerprint density at radius 3 is 2.06 bits per heavy atom. The van der Waals surface area contributed by atoms with Crippen molar-refractivity contribution in [2.45, 2.75) is 0 Å². The number of likely N-dealkylation sites (N-methyl/N-ethyl adjacent to an activating group) is 1. The molecule has 3 aromatic carbocycles. The molecule has 0 unspecified atom stereocenters. The lowest BCUT2D eigenvalue weighted by molar-refractivity contribution is 0.944. The molecule has 3 nitrogen and oxygen atoms in total. The predicted octanol–water partition coefficient (Wildman–Crippen LogP) is 7.59. The summed E-state index contributed by atoms with van der Waals surface area (Å²) in [4.78, 5) is 7.37. The monoisotopic (exact) mass is 491 g/mol. The second-order valence-corrected chi connectivity index (χ2v) is 9.26. The maximum atomic E-state index is 5.06. The molecule has 160 valence electrons. The van der Waals surface area contributed by atoms with Crippen molar-refractivity contribution in [3.05, 3.63) is 107 Å². The first kappa shape index (κ1) is 20.0. The molecule has 1 aliphatic rings. The van der Waals surface area contributed by atoms with Gasteiger partial charge < -0.3 is 4.90 Å². The minimum Gasteiger partial charge on any atom is -0.357 e. The van der Waals surface area contributed by atoms with E-state index in [2.05, 4.69) is 123 Å². The van der Waals surface area contributed by atoms with Crippen molar-refractivity contribution in [1.29, 1.82) is 0 Å². The average molecular weight is 492 g/mol. The summed E-state index contributed by atoms with van der Waals surface area (Å²) in [5, 5.41) is 1.24. The van der Waals surface area contributed by atoms with Crippen LogP contribution in [-0.4, -0.2) is 23.1 Å². The van der Waals surface area contributed by atoms with E-state index in [-0.39, 0.29) is 0 Å². The molecule has 4 heteroatoms. The molecular weight excluding hydrogens is 470 g/mol. The number of halogens is 1. The molecule has 0 atom stereocenters. The third-order valence-corrected chi connectivity index (χ3v) is 6.67. The zero-order valence-corrected chi connectivity index (χ0v) is 19.8. The van der Waals surface area contributed by atoms with Gasteiger partial charge in [-0.1, -0.05) is 88.7 Å². The first-order valence-corrected chi connectivity index (χ1v) is 11.8. The van der Waals surface area contributed by atoms with Crippen molar-refractivity contribution in [3.63, 3.8) is 0 Å². The Morgan fingerprint density at radius 1 is 0.788 bits per heavy atom. The lowest BCUT2D eigenvalue weighted by atomic mass is 10.1. The summed E-state index contributed by atoms with van der Waals surface area (Å²) in [6.45, 7) is 0.882. The molecule has 2 aromatic heterocycles. The van der Waals surface area contributed by atoms with Crippen LogP contribution in [0.25, 0.3) is 45.2 Å². The van der Waals surface area contributed by atoms with Crippen LogP contribution in [0.15, 0.2) is 102 Å². The Hall–Kier alpha value is -3.63. The fraction of sp³-hybridized carbons (Fsp3) is 0.0690. The van der Waals surface area contributed by atoms with Gasteiger partial charge in [0.1, 0.15) is 5.82 Å². The molecule has 0 spiro atoms. The summed E-state index contributed by atoms with van der Waals surface area (Å²) >= 11 is 3.67.